The zero-order valence-corrected chi connectivity index (χ0v) is 16.0. The van der Waals surface area contributed by atoms with E-state index in [1.807, 2.05) is 37.3 Å². The van der Waals surface area contributed by atoms with Crippen LogP contribution in [0.3, 0.4) is 0 Å². The number of aryl methyl sites for hydroxylation is 1. The lowest BCUT2D eigenvalue weighted by Crippen LogP contribution is -2.33. The Morgan fingerprint density at radius 1 is 1.19 bits per heavy atom. The molecule has 3 aromatic rings. The largest absolute Gasteiger partial charge is 0.454 e. The number of hydrogen-bond acceptors (Lipinski definition) is 5. The molecule has 0 saturated carbocycles. The molecule has 0 saturated heterocycles. The predicted octanol–water partition coefficient (Wildman–Crippen LogP) is 4.72. The molecule has 0 atom stereocenters. The zero-order chi connectivity index (χ0) is 18.3. The first-order valence-electron chi connectivity index (χ1n) is 7.72. The molecule has 26 heavy (non-hydrogen) atoms. The SMILES string of the molecule is Cc1ccc(NC(=S)NC(=O)c2sc3cc4c(cc3c2Cl)OCO4)cc1. The number of amides is 1. The van der Waals surface area contributed by atoms with Crippen molar-refractivity contribution in [1.82, 2.24) is 5.32 Å². The van der Waals surface area contributed by atoms with Gasteiger partial charge in [0.2, 0.25) is 6.79 Å². The second-order valence-electron chi connectivity index (χ2n) is 5.72. The van der Waals surface area contributed by atoms with Crippen LogP contribution in [0.15, 0.2) is 36.4 Å². The van der Waals surface area contributed by atoms with Crippen LogP contribution in [-0.4, -0.2) is 17.8 Å². The third-order valence-electron chi connectivity index (χ3n) is 3.87. The Bertz CT molecular complexity index is 1030. The number of nitrogens with one attached hydrogen (secondary N) is 2. The van der Waals surface area contributed by atoms with Crippen LogP contribution in [0, 0.1) is 6.92 Å². The topological polar surface area (TPSA) is 59.6 Å². The van der Waals surface area contributed by atoms with Crippen molar-refractivity contribution in [3.05, 3.63) is 51.9 Å². The van der Waals surface area contributed by atoms with Crippen LogP contribution >= 0.6 is 35.2 Å². The third-order valence-corrected chi connectivity index (χ3v) is 5.73. The maximum atomic E-state index is 12.6. The second-order valence-corrected chi connectivity index (χ2v) is 7.56. The van der Waals surface area contributed by atoms with E-state index in [0.717, 1.165) is 21.3 Å². The van der Waals surface area contributed by atoms with Crippen LogP contribution in [0.5, 0.6) is 11.5 Å². The Labute approximate surface area is 163 Å². The molecule has 2 heterocycles. The average molecular weight is 405 g/mol. The van der Waals surface area contributed by atoms with E-state index in [-0.39, 0.29) is 17.8 Å². The van der Waals surface area contributed by atoms with Crippen molar-refractivity contribution < 1.29 is 14.3 Å². The third kappa shape index (κ3) is 3.21. The van der Waals surface area contributed by atoms with Gasteiger partial charge in [0, 0.05) is 21.8 Å². The van der Waals surface area contributed by atoms with E-state index in [1.54, 1.807) is 6.07 Å². The number of benzene rings is 2. The van der Waals surface area contributed by atoms with Gasteiger partial charge in [-0.15, -0.1) is 11.3 Å². The van der Waals surface area contributed by atoms with Gasteiger partial charge < -0.3 is 14.8 Å². The summed E-state index contributed by atoms with van der Waals surface area (Å²) < 4.78 is 11.6. The van der Waals surface area contributed by atoms with Crippen molar-refractivity contribution in [3.63, 3.8) is 0 Å². The highest BCUT2D eigenvalue weighted by Crippen LogP contribution is 2.43. The minimum absolute atomic E-state index is 0.191. The molecule has 0 radical (unpaired) electrons. The fourth-order valence-corrected chi connectivity index (χ4v) is 4.19. The first-order chi connectivity index (χ1) is 12.5. The maximum absolute atomic E-state index is 12.6. The van der Waals surface area contributed by atoms with Crippen molar-refractivity contribution in [1.29, 1.82) is 0 Å². The highest BCUT2D eigenvalue weighted by molar-refractivity contribution is 7.80. The smallest absolute Gasteiger partial charge is 0.269 e. The van der Waals surface area contributed by atoms with Crippen LogP contribution in [-0.2, 0) is 0 Å². The number of fused-ring (bicyclic) bond motifs is 2. The molecule has 1 aromatic heterocycles. The van der Waals surface area contributed by atoms with Gasteiger partial charge in [0.15, 0.2) is 16.6 Å². The van der Waals surface area contributed by atoms with Crippen molar-refractivity contribution >= 4 is 61.9 Å². The Balaban J connectivity index is 1.53. The number of carbonyl (C=O) groups excluding carboxylic acids is 1. The van der Waals surface area contributed by atoms with Gasteiger partial charge in [0.1, 0.15) is 4.88 Å². The predicted molar refractivity (Wildman–Crippen MR) is 108 cm³/mol. The number of rotatable bonds is 2. The maximum Gasteiger partial charge on any atom is 0.269 e. The Morgan fingerprint density at radius 3 is 2.62 bits per heavy atom. The molecule has 8 heteroatoms. The lowest BCUT2D eigenvalue weighted by atomic mass is 10.2. The number of anilines is 1. The van der Waals surface area contributed by atoms with E-state index in [0.29, 0.717) is 21.4 Å². The number of thiocarbonyl (C=S) groups is 1. The Morgan fingerprint density at radius 2 is 1.88 bits per heavy atom. The molecular weight excluding hydrogens is 392 g/mol. The van der Waals surface area contributed by atoms with Crippen LogP contribution < -0.4 is 20.1 Å². The first kappa shape index (κ1) is 17.1. The van der Waals surface area contributed by atoms with Crippen molar-refractivity contribution in [2.45, 2.75) is 6.92 Å². The standard InChI is InChI=1S/C18H13ClN2O3S2/c1-9-2-4-10(5-3-9)20-18(25)21-17(22)16-15(19)11-6-12-13(24-8-23-12)7-14(11)26-16/h2-7H,8H2,1H3,(H2,20,21,22,25). The molecule has 0 aliphatic carbocycles. The second kappa shape index (κ2) is 6.75. The molecule has 5 nitrogen and oxygen atoms in total. The van der Waals surface area contributed by atoms with Gasteiger partial charge in [-0.1, -0.05) is 29.3 Å². The summed E-state index contributed by atoms with van der Waals surface area (Å²) in [4.78, 5) is 13.0. The van der Waals surface area contributed by atoms with Crippen LogP contribution in [0.1, 0.15) is 15.2 Å². The van der Waals surface area contributed by atoms with Crippen molar-refractivity contribution in [2.24, 2.45) is 0 Å². The summed E-state index contributed by atoms with van der Waals surface area (Å²) in [6, 6.07) is 11.3. The molecular formula is C18H13ClN2O3S2. The molecule has 0 unspecified atom stereocenters. The molecule has 2 aromatic carbocycles. The average Bonchev–Trinajstić information content (AvgIpc) is 3.19. The highest BCUT2D eigenvalue weighted by Gasteiger charge is 2.22. The lowest BCUT2D eigenvalue weighted by molar-refractivity contribution is 0.0982. The lowest BCUT2D eigenvalue weighted by Gasteiger charge is -2.09. The molecule has 0 bridgehead atoms. The van der Waals surface area contributed by atoms with Gasteiger partial charge in [-0.3, -0.25) is 10.1 Å². The van der Waals surface area contributed by atoms with E-state index in [9.17, 15) is 4.79 Å². The molecule has 0 fully saturated rings. The Hall–Kier alpha value is -2.35. The van der Waals surface area contributed by atoms with Gasteiger partial charge in [0.05, 0.1) is 5.02 Å². The number of hydrogen-bond donors (Lipinski definition) is 2. The van der Waals surface area contributed by atoms with E-state index in [2.05, 4.69) is 10.6 Å². The van der Waals surface area contributed by atoms with Crippen molar-refractivity contribution in [3.8, 4) is 11.5 Å². The van der Waals surface area contributed by atoms with Gasteiger partial charge in [0.25, 0.3) is 5.91 Å². The van der Waals surface area contributed by atoms with Gasteiger partial charge >= 0.3 is 0 Å². The van der Waals surface area contributed by atoms with Gasteiger partial charge in [-0.2, -0.15) is 0 Å². The molecule has 1 amide bonds. The molecule has 4 rings (SSSR count). The summed E-state index contributed by atoms with van der Waals surface area (Å²) in [5.74, 6) is 0.919. The van der Waals surface area contributed by atoms with E-state index < -0.39 is 0 Å². The number of ether oxygens (including phenoxy) is 2. The van der Waals surface area contributed by atoms with E-state index >= 15 is 0 Å². The minimum Gasteiger partial charge on any atom is -0.454 e. The first-order valence-corrected chi connectivity index (χ1v) is 9.32. The zero-order valence-electron chi connectivity index (χ0n) is 13.6. The minimum atomic E-state index is -0.359. The molecule has 0 spiro atoms. The van der Waals surface area contributed by atoms with E-state index in [1.165, 1.54) is 11.3 Å². The summed E-state index contributed by atoms with van der Waals surface area (Å²) in [7, 11) is 0. The van der Waals surface area contributed by atoms with Crippen LogP contribution in [0.2, 0.25) is 5.02 Å². The van der Waals surface area contributed by atoms with E-state index in [4.69, 9.17) is 33.3 Å². The summed E-state index contributed by atoms with van der Waals surface area (Å²) in [6.07, 6.45) is 0. The number of halogens is 1. The number of carbonyl (C=O) groups is 1. The summed E-state index contributed by atoms with van der Waals surface area (Å²) in [5.41, 5.74) is 1.94. The summed E-state index contributed by atoms with van der Waals surface area (Å²) in [6.45, 7) is 2.19. The molecule has 2 N–H and O–H groups in total. The Kier molecular flexibility index (Phi) is 4.44. The highest BCUT2D eigenvalue weighted by atomic mass is 35.5. The molecule has 1 aliphatic rings. The summed E-state index contributed by atoms with van der Waals surface area (Å²) in [5, 5.41) is 6.98. The fraction of sp³-hybridized carbons (Fsp3) is 0.111. The molecule has 132 valence electrons. The van der Waals surface area contributed by atoms with Gasteiger partial charge in [-0.25, -0.2) is 0 Å². The number of thiophene rings is 1. The van der Waals surface area contributed by atoms with Crippen molar-refractivity contribution in [2.75, 3.05) is 12.1 Å². The summed E-state index contributed by atoms with van der Waals surface area (Å²) >= 11 is 12.9. The van der Waals surface area contributed by atoms with Crippen LogP contribution in [0.25, 0.3) is 10.1 Å². The quantitative estimate of drug-likeness (QED) is 0.605. The van der Waals surface area contributed by atoms with Gasteiger partial charge in [-0.05, 0) is 37.3 Å². The fourth-order valence-electron chi connectivity index (χ4n) is 2.56. The normalized spacial score (nSPS) is 12.2. The monoisotopic (exact) mass is 404 g/mol. The molecule has 1 aliphatic heterocycles. The van der Waals surface area contributed by atoms with Crippen LogP contribution in [0.4, 0.5) is 5.69 Å².